The minimum Gasteiger partial charge on any atom is -0.454 e. The quantitative estimate of drug-likeness (QED) is 0.797. The van der Waals surface area contributed by atoms with Crippen LogP contribution in [0.25, 0.3) is 11.5 Å². The number of hydrogen-bond acceptors (Lipinski definition) is 7. The summed E-state index contributed by atoms with van der Waals surface area (Å²) in [6.07, 6.45) is 0. The van der Waals surface area contributed by atoms with Gasteiger partial charge >= 0.3 is 0 Å². The zero-order chi connectivity index (χ0) is 15.7. The Labute approximate surface area is 131 Å². The minimum atomic E-state index is -0.292. The third kappa shape index (κ3) is 2.87. The lowest BCUT2D eigenvalue weighted by atomic mass is 10.2. The largest absolute Gasteiger partial charge is 0.454 e. The molecule has 0 spiro atoms. The standard InChI is InChI=1S/C14H15N3O4S/c1-8(13(18)17(2)3)22-14-16-15-12(21-14)9-4-5-10-11(6-9)20-7-19-10/h4-6,8H,7H2,1-3H3/t8-/m1/s1. The highest BCUT2D eigenvalue weighted by atomic mass is 32.2. The van der Waals surface area contributed by atoms with E-state index in [-0.39, 0.29) is 18.0 Å². The summed E-state index contributed by atoms with van der Waals surface area (Å²) in [6.45, 7) is 2.02. The van der Waals surface area contributed by atoms with E-state index < -0.39 is 0 Å². The van der Waals surface area contributed by atoms with Crippen LogP contribution in [0, 0.1) is 0 Å². The number of benzene rings is 1. The van der Waals surface area contributed by atoms with Crippen LogP contribution in [-0.2, 0) is 4.79 Å². The second-order valence-electron chi connectivity index (χ2n) is 4.93. The molecule has 1 aliphatic heterocycles. The first-order valence-corrected chi connectivity index (χ1v) is 7.54. The second kappa shape index (κ2) is 5.88. The second-order valence-corrected chi connectivity index (χ2v) is 6.23. The molecule has 0 fully saturated rings. The fraction of sp³-hybridized carbons (Fsp3) is 0.357. The number of rotatable bonds is 4. The van der Waals surface area contributed by atoms with Crippen LogP contribution >= 0.6 is 11.8 Å². The van der Waals surface area contributed by atoms with Crippen LogP contribution in [0.1, 0.15) is 6.92 Å². The van der Waals surface area contributed by atoms with E-state index in [4.69, 9.17) is 13.9 Å². The summed E-state index contributed by atoms with van der Waals surface area (Å²) in [4.78, 5) is 13.4. The van der Waals surface area contributed by atoms with Gasteiger partial charge in [0, 0.05) is 19.7 Å². The van der Waals surface area contributed by atoms with E-state index in [1.165, 1.54) is 16.7 Å². The molecule has 1 amide bonds. The molecule has 3 rings (SSSR count). The van der Waals surface area contributed by atoms with Gasteiger partial charge in [-0.05, 0) is 25.1 Å². The maximum Gasteiger partial charge on any atom is 0.277 e. The molecule has 116 valence electrons. The molecule has 0 N–H and O–H groups in total. The van der Waals surface area contributed by atoms with Gasteiger partial charge in [0.2, 0.25) is 18.6 Å². The van der Waals surface area contributed by atoms with Crippen molar-refractivity contribution >= 4 is 17.7 Å². The summed E-state index contributed by atoms with van der Waals surface area (Å²) < 4.78 is 16.2. The predicted molar refractivity (Wildman–Crippen MR) is 79.9 cm³/mol. The molecule has 7 nitrogen and oxygen atoms in total. The van der Waals surface area contributed by atoms with Gasteiger partial charge < -0.3 is 18.8 Å². The van der Waals surface area contributed by atoms with Crippen LogP contribution in [0.3, 0.4) is 0 Å². The lowest BCUT2D eigenvalue weighted by molar-refractivity contribution is -0.127. The molecule has 0 unspecified atom stereocenters. The van der Waals surface area contributed by atoms with E-state index in [2.05, 4.69) is 10.2 Å². The Bertz CT molecular complexity index is 701. The average molecular weight is 321 g/mol. The maximum atomic E-state index is 11.8. The van der Waals surface area contributed by atoms with Crippen LogP contribution in [0.5, 0.6) is 11.5 Å². The van der Waals surface area contributed by atoms with Gasteiger partial charge in [-0.2, -0.15) is 0 Å². The van der Waals surface area contributed by atoms with Gasteiger partial charge in [-0.25, -0.2) is 0 Å². The van der Waals surface area contributed by atoms with E-state index in [1.807, 2.05) is 6.07 Å². The van der Waals surface area contributed by atoms with Crippen molar-refractivity contribution in [2.75, 3.05) is 20.9 Å². The highest BCUT2D eigenvalue weighted by Crippen LogP contribution is 2.36. The number of aromatic nitrogens is 2. The monoisotopic (exact) mass is 321 g/mol. The van der Waals surface area contributed by atoms with Crippen LogP contribution in [0.4, 0.5) is 0 Å². The third-order valence-electron chi connectivity index (χ3n) is 3.09. The molecule has 1 aromatic heterocycles. The Morgan fingerprint density at radius 1 is 1.27 bits per heavy atom. The predicted octanol–water partition coefficient (Wildman–Crippen LogP) is 2.03. The van der Waals surface area contributed by atoms with Crippen molar-refractivity contribution in [2.45, 2.75) is 17.4 Å². The summed E-state index contributed by atoms with van der Waals surface area (Å²) >= 11 is 1.23. The summed E-state index contributed by atoms with van der Waals surface area (Å²) in [5.41, 5.74) is 0.746. The van der Waals surface area contributed by atoms with Crippen LogP contribution in [0.15, 0.2) is 27.8 Å². The first kappa shape index (κ1) is 14.7. The van der Waals surface area contributed by atoms with Crippen LogP contribution in [0.2, 0.25) is 0 Å². The van der Waals surface area contributed by atoms with Crippen molar-refractivity contribution in [1.82, 2.24) is 15.1 Å². The molecule has 0 radical (unpaired) electrons. The van der Waals surface area contributed by atoms with Gasteiger partial charge in [0.05, 0.1) is 5.25 Å². The van der Waals surface area contributed by atoms with Crippen molar-refractivity contribution in [3.63, 3.8) is 0 Å². The van der Waals surface area contributed by atoms with Gasteiger partial charge in [0.15, 0.2) is 11.5 Å². The summed E-state index contributed by atoms with van der Waals surface area (Å²) in [6, 6.07) is 5.41. The summed E-state index contributed by atoms with van der Waals surface area (Å²) in [5.74, 6) is 1.72. The molecular formula is C14H15N3O4S. The lowest BCUT2D eigenvalue weighted by Gasteiger charge is -2.14. The molecule has 8 heteroatoms. The van der Waals surface area contributed by atoms with Crippen molar-refractivity contribution < 1.29 is 18.7 Å². The molecule has 0 bridgehead atoms. The van der Waals surface area contributed by atoms with Crippen LogP contribution in [-0.4, -0.2) is 47.1 Å². The number of nitrogens with zero attached hydrogens (tertiary/aromatic N) is 3. The van der Waals surface area contributed by atoms with E-state index in [9.17, 15) is 4.79 Å². The van der Waals surface area contributed by atoms with Crippen molar-refractivity contribution in [1.29, 1.82) is 0 Å². The molecule has 1 aromatic carbocycles. The number of hydrogen-bond donors (Lipinski definition) is 0. The van der Waals surface area contributed by atoms with E-state index in [0.29, 0.717) is 22.6 Å². The number of ether oxygens (including phenoxy) is 2. The normalized spacial score (nSPS) is 14.0. The highest BCUT2D eigenvalue weighted by molar-refractivity contribution is 8.00. The first-order chi connectivity index (χ1) is 10.5. The highest BCUT2D eigenvalue weighted by Gasteiger charge is 2.21. The average Bonchev–Trinajstić information content (AvgIpc) is 3.13. The number of amides is 1. The molecule has 2 aromatic rings. The Morgan fingerprint density at radius 3 is 2.82 bits per heavy atom. The topological polar surface area (TPSA) is 77.7 Å². The molecule has 0 saturated carbocycles. The molecular weight excluding hydrogens is 306 g/mol. The van der Waals surface area contributed by atoms with Crippen molar-refractivity contribution in [3.05, 3.63) is 18.2 Å². The number of thioether (sulfide) groups is 1. The van der Waals surface area contributed by atoms with Crippen LogP contribution < -0.4 is 9.47 Å². The SMILES string of the molecule is C[C@@H](Sc1nnc(-c2ccc3c(c2)OCO3)o1)C(=O)N(C)C. The molecule has 0 saturated heterocycles. The van der Waals surface area contributed by atoms with Gasteiger partial charge in [0.25, 0.3) is 5.22 Å². The maximum absolute atomic E-state index is 11.8. The van der Waals surface area contributed by atoms with E-state index in [0.717, 1.165) is 5.56 Å². The molecule has 0 aliphatic carbocycles. The summed E-state index contributed by atoms with van der Waals surface area (Å²) in [7, 11) is 3.43. The van der Waals surface area contributed by atoms with Gasteiger partial charge in [-0.1, -0.05) is 11.8 Å². The van der Waals surface area contributed by atoms with Crippen molar-refractivity contribution in [3.8, 4) is 23.0 Å². The fourth-order valence-corrected chi connectivity index (χ4v) is 2.80. The van der Waals surface area contributed by atoms with E-state index >= 15 is 0 Å². The number of carbonyl (C=O) groups excluding carboxylic acids is 1. The molecule has 2 heterocycles. The minimum absolute atomic E-state index is 0.00664. The first-order valence-electron chi connectivity index (χ1n) is 6.66. The van der Waals surface area contributed by atoms with Gasteiger partial charge in [-0.15, -0.1) is 10.2 Å². The third-order valence-corrected chi connectivity index (χ3v) is 4.01. The smallest absolute Gasteiger partial charge is 0.277 e. The molecule has 1 atom stereocenters. The Hall–Kier alpha value is -2.22. The zero-order valence-corrected chi connectivity index (χ0v) is 13.2. The molecule has 22 heavy (non-hydrogen) atoms. The Kier molecular flexibility index (Phi) is 3.93. The van der Waals surface area contributed by atoms with Crippen molar-refractivity contribution in [2.24, 2.45) is 0 Å². The Balaban J connectivity index is 1.75. The summed E-state index contributed by atoms with van der Waals surface area (Å²) in [5, 5.41) is 8.05. The number of fused-ring (bicyclic) bond motifs is 1. The Morgan fingerprint density at radius 2 is 2.05 bits per heavy atom. The van der Waals surface area contributed by atoms with Gasteiger partial charge in [0.1, 0.15) is 0 Å². The lowest BCUT2D eigenvalue weighted by Crippen LogP contribution is -2.29. The zero-order valence-electron chi connectivity index (χ0n) is 12.4. The molecule has 1 aliphatic rings. The van der Waals surface area contributed by atoms with Gasteiger partial charge in [-0.3, -0.25) is 4.79 Å². The fourth-order valence-electron chi connectivity index (χ4n) is 1.97. The van der Waals surface area contributed by atoms with E-state index in [1.54, 1.807) is 33.2 Å². The number of carbonyl (C=O) groups is 1.